The predicted molar refractivity (Wildman–Crippen MR) is 46.7 cm³/mol. The minimum Gasteiger partial charge on any atom is -0.369 e. The number of hydrogen-bond acceptors (Lipinski definition) is 4. The molecule has 0 aromatic carbocycles. The number of anilines is 1. The fourth-order valence-electron chi connectivity index (χ4n) is 1.09. The van der Waals surface area contributed by atoms with E-state index in [-0.39, 0.29) is 0 Å². The Labute approximate surface area is 75.0 Å². The van der Waals surface area contributed by atoms with Crippen LogP contribution in [0.3, 0.4) is 0 Å². The molecule has 0 atom stereocenters. The van der Waals surface area contributed by atoms with E-state index in [0.717, 1.165) is 13.1 Å². The van der Waals surface area contributed by atoms with Crippen LogP contribution < -0.4 is 5.73 Å². The zero-order chi connectivity index (χ0) is 9.10. The summed E-state index contributed by atoms with van der Waals surface area (Å²) in [5.41, 5.74) is 5.59. The van der Waals surface area contributed by atoms with Crippen molar-refractivity contribution in [2.75, 3.05) is 5.73 Å². The van der Waals surface area contributed by atoms with Crippen LogP contribution in [0.5, 0.6) is 0 Å². The van der Waals surface area contributed by atoms with E-state index in [1.54, 1.807) is 17.1 Å². The van der Waals surface area contributed by atoms with Gasteiger partial charge in [0, 0.05) is 25.1 Å². The zero-order valence-electron chi connectivity index (χ0n) is 7.04. The smallest absolute Gasteiger partial charge is 0.200 e. The third-order valence-electron chi connectivity index (χ3n) is 1.79. The molecule has 2 aromatic rings. The summed E-state index contributed by atoms with van der Waals surface area (Å²) in [6.45, 7) is 1.51. The van der Waals surface area contributed by atoms with Crippen LogP contribution in [0.1, 0.15) is 0 Å². The van der Waals surface area contributed by atoms with Crippen LogP contribution in [-0.4, -0.2) is 24.5 Å². The minimum atomic E-state index is 0.528. The van der Waals surface area contributed by atoms with E-state index < -0.39 is 0 Å². The molecule has 0 amide bonds. The molecule has 2 aromatic heterocycles. The molecule has 6 heteroatoms. The van der Waals surface area contributed by atoms with Gasteiger partial charge in [0.05, 0.1) is 12.7 Å². The van der Waals surface area contributed by atoms with Gasteiger partial charge in [-0.05, 0) is 0 Å². The van der Waals surface area contributed by atoms with Crippen molar-refractivity contribution in [1.29, 1.82) is 0 Å². The van der Waals surface area contributed by atoms with Crippen molar-refractivity contribution in [1.82, 2.24) is 24.5 Å². The second-order valence-corrected chi connectivity index (χ2v) is 2.64. The molecule has 68 valence electrons. The number of nitrogens with zero attached hydrogens (tertiary/aromatic N) is 5. The van der Waals surface area contributed by atoms with E-state index in [4.69, 9.17) is 5.73 Å². The lowest BCUT2D eigenvalue weighted by atomic mass is 10.6. The first-order valence-electron chi connectivity index (χ1n) is 3.97. The number of hydrogen-bond donors (Lipinski definition) is 1. The van der Waals surface area contributed by atoms with Crippen molar-refractivity contribution in [3.05, 3.63) is 24.8 Å². The summed E-state index contributed by atoms with van der Waals surface area (Å²) < 4.78 is 3.61. The molecule has 0 saturated heterocycles. The van der Waals surface area contributed by atoms with Crippen LogP contribution in [0.15, 0.2) is 24.8 Å². The predicted octanol–water partition coefficient (Wildman–Crippen LogP) is -0.243. The van der Waals surface area contributed by atoms with E-state index in [2.05, 4.69) is 15.3 Å². The van der Waals surface area contributed by atoms with E-state index in [0.29, 0.717) is 5.95 Å². The highest BCUT2D eigenvalue weighted by molar-refractivity contribution is 5.16. The van der Waals surface area contributed by atoms with Crippen molar-refractivity contribution >= 4 is 5.95 Å². The normalized spacial score (nSPS) is 10.5. The van der Waals surface area contributed by atoms with Crippen molar-refractivity contribution in [2.24, 2.45) is 0 Å². The van der Waals surface area contributed by atoms with Crippen molar-refractivity contribution in [2.45, 2.75) is 13.1 Å². The van der Waals surface area contributed by atoms with Gasteiger partial charge in [0.25, 0.3) is 0 Å². The van der Waals surface area contributed by atoms with Gasteiger partial charge < -0.3 is 10.3 Å². The van der Waals surface area contributed by atoms with Gasteiger partial charge in [0.15, 0.2) is 5.95 Å². The molecule has 0 saturated carbocycles. The molecular formula is C7H10N6. The van der Waals surface area contributed by atoms with Gasteiger partial charge in [-0.15, -0.1) is 5.10 Å². The van der Waals surface area contributed by atoms with Crippen LogP contribution >= 0.6 is 0 Å². The highest BCUT2D eigenvalue weighted by Crippen LogP contribution is 1.98. The molecule has 0 aliphatic carbocycles. The van der Waals surface area contributed by atoms with Crippen LogP contribution in [0.4, 0.5) is 5.95 Å². The summed E-state index contributed by atoms with van der Waals surface area (Å²) in [4.78, 5) is 3.91. The van der Waals surface area contributed by atoms with Gasteiger partial charge in [-0.2, -0.15) is 0 Å². The Morgan fingerprint density at radius 3 is 2.77 bits per heavy atom. The Bertz CT molecular complexity index is 362. The molecule has 2 N–H and O–H groups in total. The number of aromatic nitrogens is 5. The molecule has 0 fully saturated rings. The average Bonchev–Trinajstić information content (AvgIpc) is 2.72. The lowest BCUT2D eigenvalue weighted by molar-refractivity contribution is 0.522. The quantitative estimate of drug-likeness (QED) is 0.703. The van der Waals surface area contributed by atoms with E-state index in [9.17, 15) is 0 Å². The summed E-state index contributed by atoms with van der Waals surface area (Å²) in [5.74, 6) is 0.528. The third-order valence-corrected chi connectivity index (χ3v) is 1.79. The van der Waals surface area contributed by atoms with Gasteiger partial charge in [0.1, 0.15) is 0 Å². The second-order valence-electron chi connectivity index (χ2n) is 2.64. The summed E-state index contributed by atoms with van der Waals surface area (Å²) in [6.07, 6.45) is 6.98. The van der Waals surface area contributed by atoms with Crippen molar-refractivity contribution in [3.63, 3.8) is 0 Å². The maximum absolute atomic E-state index is 5.59. The minimum absolute atomic E-state index is 0.528. The first kappa shape index (κ1) is 7.78. The van der Waals surface area contributed by atoms with Gasteiger partial charge in [-0.1, -0.05) is 5.21 Å². The van der Waals surface area contributed by atoms with Gasteiger partial charge in [-0.25, -0.2) is 4.98 Å². The summed E-state index contributed by atoms with van der Waals surface area (Å²) in [6, 6.07) is 0. The Balaban J connectivity index is 1.97. The highest BCUT2D eigenvalue weighted by Gasteiger charge is 1.97. The molecular weight excluding hydrogens is 168 g/mol. The largest absolute Gasteiger partial charge is 0.369 e. The second kappa shape index (κ2) is 3.26. The Kier molecular flexibility index (Phi) is 1.95. The van der Waals surface area contributed by atoms with Gasteiger partial charge in [-0.3, -0.25) is 4.68 Å². The highest BCUT2D eigenvalue weighted by atomic mass is 15.4. The molecule has 0 aliphatic heterocycles. The summed E-state index contributed by atoms with van der Waals surface area (Å²) in [5, 5.41) is 7.54. The number of nitrogen functional groups attached to an aromatic ring is 1. The number of aryl methyl sites for hydroxylation is 2. The number of rotatable bonds is 3. The maximum atomic E-state index is 5.59. The molecule has 2 heterocycles. The number of imidazole rings is 1. The Hall–Kier alpha value is -1.85. The molecule has 0 unspecified atom stereocenters. The summed E-state index contributed by atoms with van der Waals surface area (Å²) >= 11 is 0. The lowest BCUT2D eigenvalue weighted by Gasteiger charge is -2.03. The van der Waals surface area contributed by atoms with Gasteiger partial charge >= 0.3 is 0 Å². The average molecular weight is 178 g/mol. The fourth-order valence-corrected chi connectivity index (χ4v) is 1.09. The molecule has 13 heavy (non-hydrogen) atoms. The van der Waals surface area contributed by atoms with Crippen molar-refractivity contribution < 1.29 is 0 Å². The molecule has 6 nitrogen and oxygen atoms in total. The summed E-state index contributed by atoms with van der Waals surface area (Å²) in [7, 11) is 0. The van der Waals surface area contributed by atoms with Gasteiger partial charge in [0.2, 0.25) is 0 Å². The van der Waals surface area contributed by atoms with Crippen LogP contribution in [-0.2, 0) is 13.1 Å². The SMILES string of the molecule is Nc1nccn1CCn1ccnn1. The molecule has 0 spiro atoms. The van der Waals surface area contributed by atoms with E-state index >= 15 is 0 Å². The topological polar surface area (TPSA) is 74.5 Å². The molecule has 0 aliphatic rings. The molecule has 2 rings (SSSR count). The van der Waals surface area contributed by atoms with Crippen molar-refractivity contribution in [3.8, 4) is 0 Å². The first-order valence-corrected chi connectivity index (χ1v) is 3.97. The Morgan fingerprint density at radius 2 is 2.15 bits per heavy atom. The molecule has 0 bridgehead atoms. The standard InChI is InChI=1S/C7H10N6/c8-7-9-1-3-12(7)5-6-13-4-2-10-11-13/h1-4H,5-6H2,(H2,8,9). The maximum Gasteiger partial charge on any atom is 0.200 e. The lowest BCUT2D eigenvalue weighted by Crippen LogP contribution is -2.09. The van der Waals surface area contributed by atoms with Crippen LogP contribution in [0, 0.1) is 0 Å². The van der Waals surface area contributed by atoms with E-state index in [1.807, 2.05) is 17.0 Å². The third kappa shape index (κ3) is 1.66. The Morgan fingerprint density at radius 1 is 1.23 bits per heavy atom. The zero-order valence-corrected chi connectivity index (χ0v) is 7.04. The van der Waals surface area contributed by atoms with Crippen LogP contribution in [0.2, 0.25) is 0 Å². The first-order chi connectivity index (χ1) is 6.36. The molecule has 0 radical (unpaired) electrons. The number of nitrogens with two attached hydrogens (primary N) is 1. The fraction of sp³-hybridized carbons (Fsp3) is 0.286. The monoisotopic (exact) mass is 178 g/mol. The van der Waals surface area contributed by atoms with E-state index in [1.165, 1.54) is 0 Å². The van der Waals surface area contributed by atoms with Crippen LogP contribution in [0.25, 0.3) is 0 Å².